The molecular weight excluding hydrogens is 431 g/mol. The number of likely N-dealkylation sites (tertiary alicyclic amines) is 1. The predicted octanol–water partition coefficient (Wildman–Crippen LogP) is 2.24. The molecule has 0 radical (unpaired) electrons. The number of aryl methyl sites for hydroxylation is 1. The number of primary amides is 1. The Balaban J connectivity index is 1.56. The van der Waals surface area contributed by atoms with Crippen LogP contribution >= 0.6 is 11.3 Å². The molecule has 1 aliphatic heterocycles. The topological polar surface area (TPSA) is 114 Å². The monoisotopic (exact) mass is 458 g/mol. The summed E-state index contributed by atoms with van der Waals surface area (Å²) in [4.78, 5) is 23.7. The molecule has 3 aromatic heterocycles. The van der Waals surface area contributed by atoms with Crippen molar-refractivity contribution < 1.29 is 9.18 Å². The van der Waals surface area contributed by atoms with Crippen LogP contribution in [0.25, 0.3) is 0 Å². The van der Waals surface area contributed by atoms with Crippen LogP contribution in [0.4, 0.5) is 15.9 Å². The summed E-state index contributed by atoms with van der Waals surface area (Å²) in [6.45, 7) is 5.38. The second-order valence-corrected chi connectivity index (χ2v) is 9.39. The molecule has 0 bridgehead atoms. The molecule has 170 valence electrons. The molecule has 0 spiro atoms. The largest absolute Gasteiger partial charge is 0.365 e. The first-order chi connectivity index (χ1) is 15.4. The molecule has 1 fully saturated rings. The van der Waals surface area contributed by atoms with Gasteiger partial charge in [-0.15, -0.1) is 11.3 Å². The number of hydrogen-bond acceptors (Lipinski definition) is 8. The van der Waals surface area contributed by atoms with Crippen LogP contribution in [-0.2, 0) is 12.1 Å². The smallest absolute Gasteiger partial charge is 0.254 e. The van der Waals surface area contributed by atoms with Gasteiger partial charge in [0.2, 0.25) is 5.95 Å². The first-order valence-electron chi connectivity index (χ1n) is 10.5. The van der Waals surface area contributed by atoms with Crippen LogP contribution in [0.3, 0.4) is 0 Å². The minimum Gasteiger partial charge on any atom is -0.365 e. The number of amides is 1. The molecular formula is C21H27FN8OS. The van der Waals surface area contributed by atoms with Gasteiger partial charge < -0.3 is 16.4 Å². The molecule has 11 heteroatoms. The number of anilines is 2. The minimum atomic E-state index is -0.620. The molecule has 0 aliphatic carbocycles. The average molecular weight is 459 g/mol. The predicted molar refractivity (Wildman–Crippen MR) is 121 cm³/mol. The van der Waals surface area contributed by atoms with Crippen molar-refractivity contribution in [1.29, 1.82) is 0 Å². The van der Waals surface area contributed by atoms with Crippen molar-refractivity contribution in [2.75, 3.05) is 32.0 Å². The third-order valence-corrected chi connectivity index (χ3v) is 6.69. The third kappa shape index (κ3) is 4.79. The second-order valence-electron chi connectivity index (χ2n) is 8.07. The quantitative estimate of drug-likeness (QED) is 0.444. The van der Waals surface area contributed by atoms with E-state index in [4.69, 9.17) is 5.73 Å². The molecule has 1 amide bonds. The number of nitrogens with two attached hydrogens (primary N) is 1. The number of thiazole rings is 1. The van der Waals surface area contributed by atoms with Gasteiger partial charge in [-0.3, -0.25) is 14.4 Å². The highest BCUT2D eigenvalue weighted by Crippen LogP contribution is 2.32. The van der Waals surface area contributed by atoms with Crippen LogP contribution in [0.5, 0.6) is 0 Å². The van der Waals surface area contributed by atoms with Crippen LogP contribution in [-0.4, -0.2) is 57.2 Å². The van der Waals surface area contributed by atoms with Gasteiger partial charge in [0, 0.05) is 61.4 Å². The molecule has 4 rings (SSSR count). The van der Waals surface area contributed by atoms with Gasteiger partial charge in [0.15, 0.2) is 5.82 Å². The van der Waals surface area contributed by atoms with E-state index in [1.807, 2.05) is 24.9 Å². The summed E-state index contributed by atoms with van der Waals surface area (Å²) in [6.07, 6.45) is 6.70. The number of rotatable bonds is 8. The lowest BCUT2D eigenvalue weighted by atomic mass is 9.87. The Morgan fingerprint density at radius 2 is 2.12 bits per heavy atom. The van der Waals surface area contributed by atoms with Gasteiger partial charge >= 0.3 is 0 Å². The molecule has 0 atom stereocenters. The molecule has 32 heavy (non-hydrogen) atoms. The lowest BCUT2D eigenvalue weighted by Crippen LogP contribution is -2.51. The Morgan fingerprint density at radius 1 is 1.34 bits per heavy atom. The zero-order valence-corrected chi connectivity index (χ0v) is 19.0. The first-order valence-corrected chi connectivity index (χ1v) is 11.3. The Hall–Kier alpha value is -2.89. The Morgan fingerprint density at radius 3 is 2.75 bits per heavy atom. The Bertz CT molecular complexity index is 1090. The van der Waals surface area contributed by atoms with E-state index in [2.05, 4.69) is 30.6 Å². The summed E-state index contributed by atoms with van der Waals surface area (Å²) in [5.74, 6) is -0.905. The number of aromatic nitrogens is 4. The standard InChI is InChI=1S/C21H27FN8OS/c1-14-26-10-16(32-14)11-29-7-4-21(5-8-29,13-24-2)30-12-17(19(23)31)20(28-30)27-15-3-6-25-18(22)9-15/h3,6,9-10,12,24H,4-5,7-8,11,13H2,1-2H3,(H2,23,31)(H,25,27,28). The van der Waals surface area contributed by atoms with Gasteiger partial charge in [-0.1, -0.05) is 0 Å². The number of nitrogens with one attached hydrogen (secondary N) is 2. The minimum absolute atomic E-state index is 0.264. The Labute approximate surface area is 189 Å². The molecule has 4 heterocycles. The summed E-state index contributed by atoms with van der Waals surface area (Å²) in [5.41, 5.74) is 6.03. The van der Waals surface area contributed by atoms with E-state index >= 15 is 0 Å². The summed E-state index contributed by atoms with van der Waals surface area (Å²) >= 11 is 1.72. The molecule has 0 unspecified atom stereocenters. The number of hydrogen-bond donors (Lipinski definition) is 3. The van der Waals surface area contributed by atoms with Crippen LogP contribution in [0, 0.1) is 12.9 Å². The van der Waals surface area contributed by atoms with Crippen LogP contribution < -0.4 is 16.4 Å². The lowest BCUT2D eigenvalue weighted by molar-refractivity contribution is 0.0949. The van der Waals surface area contributed by atoms with E-state index in [-0.39, 0.29) is 11.1 Å². The third-order valence-electron chi connectivity index (χ3n) is 5.80. The fourth-order valence-corrected chi connectivity index (χ4v) is 4.99. The van der Waals surface area contributed by atoms with Crippen molar-refractivity contribution in [2.24, 2.45) is 5.73 Å². The van der Waals surface area contributed by atoms with Gasteiger partial charge in [-0.25, -0.2) is 9.97 Å². The van der Waals surface area contributed by atoms with Gasteiger partial charge in [0.1, 0.15) is 5.56 Å². The van der Waals surface area contributed by atoms with Crippen LogP contribution in [0.1, 0.15) is 33.1 Å². The van der Waals surface area contributed by atoms with E-state index < -0.39 is 11.9 Å². The van der Waals surface area contributed by atoms with Crippen molar-refractivity contribution >= 4 is 28.7 Å². The van der Waals surface area contributed by atoms with Gasteiger partial charge in [0.05, 0.1) is 10.5 Å². The summed E-state index contributed by atoms with van der Waals surface area (Å²) < 4.78 is 15.3. The molecule has 9 nitrogen and oxygen atoms in total. The first kappa shape index (κ1) is 22.3. The fraction of sp³-hybridized carbons (Fsp3) is 0.429. The lowest BCUT2D eigenvalue weighted by Gasteiger charge is -2.42. The highest BCUT2D eigenvalue weighted by molar-refractivity contribution is 7.11. The molecule has 4 N–H and O–H groups in total. The highest BCUT2D eigenvalue weighted by atomic mass is 32.1. The van der Waals surface area contributed by atoms with Crippen molar-refractivity contribution in [3.05, 3.63) is 52.1 Å². The van der Waals surface area contributed by atoms with Crippen LogP contribution in [0.15, 0.2) is 30.7 Å². The number of likely N-dealkylation sites (N-methyl/N-ethyl adjacent to an activating group) is 1. The maximum absolute atomic E-state index is 13.5. The number of carbonyl (C=O) groups excluding carboxylic acids is 1. The SMILES string of the molecule is CNCC1(n2cc(C(N)=O)c(Nc3ccnc(F)c3)n2)CCN(Cc2cnc(C)s2)CC1. The molecule has 3 aromatic rings. The van der Waals surface area contributed by atoms with Gasteiger partial charge in [0.25, 0.3) is 5.91 Å². The number of nitrogens with zero attached hydrogens (tertiary/aromatic N) is 5. The second kappa shape index (κ2) is 9.31. The van der Waals surface area contributed by atoms with Crippen molar-refractivity contribution in [3.63, 3.8) is 0 Å². The van der Waals surface area contributed by atoms with Crippen molar-refractivity contribution in [2.45, 2.75) is 31.8 Å². The van der Waals surface area contributed by atoms with Crippen molar-refractivity contribution in [1.82, 2.24) is 30.0 Å². The summed E-state index contributed by atoms with van der Waals surface area (Å²) in [5, 5.41) is 12.0. The van der Waals surface area contributed by atoms with E-state index in [0.717, 1.165) is 37.5 Å². The Kier molecular flexibility index (Phi) is 6.49. The highest BCUT2D eigenvalue weighted by Gasteiger charge is 2.37. The van der Waals surface area contributed by atoms with E-state index in [0.29, 0.717) is 18.1 Å². The zero-order chi connectivity index (χ0) is 22.7. The number of halogens is 1. The molecule has 0 aromatic carbocycles. The summed E-state index contributed by atoms with van der Waals surface area (Å²) in [7, 11) is 1.91. The number of carbonyl (C=O) groups is 1. The van der Waals surface area contributed by atoms with Crippen LogP contribution in [0.2, 0.25) is 0 Å². The normalized spacial score (nSPS) is 16.2. The maximum Gasteiger partial charge on any atom is 0.254 e. The van der Waals surface area contributed by atoms with Gasteiger partial charge in [-0.2, -0.15) is 9.49 Å². The fourth-order valence-electron chi connectivity index (χ4n) is 4.15. The summed E-state index contributed by atoms with van der Waals surface area (Å²) in [6, 6.07) is 2.85. The molecule has 0 saturated carbocycles. The van der Waals surface area contributed by atoms with Crippen molar-refractivity contribution in [3.8, 4) is 0 Å². The van der Waals surface area contributed by atoms with E-state index in [9.17, 15) is 9.18 Å². The molecule has 1 saturated heterocycles. The van der Waals surface area contributed by atoms with E-state index in [1.165, 1.54) is 17.1 Å². The molecule has 1 aliphatic rings. The number of piperidine rings is 1. The van der Waals surface area contributed by atoms with E-state index in [1.54, 1.807) is 23.6 Å². The average Bonchev–Trinajstić information content (AvgIpc) is 3.36. The zero-order valence-electron chi connectivity index (χ0n) is 18.1. The maximum atomic E-state index is 13.5. The number of pyridine rings is 1. The van der Waals surface area contributed by atoms with Gasteiger partial charge in [-0.05, 0) is 32.9 Å².